The Morgan fingerprint density at radius 3 is 2.33 bits per heavy atom. The third-order valence-electron chi connectivity index (χ3n) is 3.72. The number of carbonyl (C=O) groups excluding carboxylic acids is 1. The fourth-order valence-electron chi connectivity index (χ4n) is 2.58. The molecule has 0 unspecified atom stereocenters. The van der Waals surface area contributed by atoms with E-state index in [0.717, 1.165) is 11.1 Å². The average Bonchev–Trinajstić information content (AvgIpc) is 2.52. The Labute approximate surface area is 124 Å². The van der Waals surface area contributed by atoms with Crippen molar-refractivity contribution in [1.29, 1.82) is 0 Å². The van der Waals surface area contributed by atoms with Gasteiger partial charge in [-0.05, 0) is 18.1 Å². The largest absolute Gasteiger partial charge is 0.439 e. The van der Waals surface area contributed by atoms with Crippen molar-refractivity contribution in [2.45, 2.75) is 25.6 Å². The fraction of sp³-hybridized carbons (Fsp3) is 0.235. The molecule has 0 aliphatic carbocycles. The van der Waals surface area contributed by atoms with E-state index in [-0.39, 0.29) is 12.1 Å². The topological polar surface area (TPSA) is 41.6 Å². The second-order valence-corrected chi connectivity index (χ2v) is 5.20. The molecule has 2 aromatic carbocycles. The molecule has 1 aliphatic rings. The third kappa shape index (κ3) is 3.06. The van der Waals surface area contributed by atoms with Crippen LogP contribution in [-0.4, -0.2) is 17.1 Å². The Balaban J connectivity index is 1.80. The third-order valence-corrected chi connectivity index (χ3v) is 3.72. The number of amides is 1. The highest BCUT2D eigenvalue weighted by atomic mass is 16.6. The van der Waals surface area contributed by atoms with E-state index < -0.39 is 6.09 Å². The first kappa shape index (κ1) is 13.6. The number of benzene rings is 2. The van der Waals surface area contributed by atoms with Crippen molar-refractivity contribution in [1.82, 2.24) is 10.4 Å². The van der Waals surface area contributed by atoms with Gasteiger partial charge in [-0.1, -0.05) is 60.7 Å². The van der Waals surface area contributed by atoms with E-state index >= 15 is 0 Å². The number of ether oxygens (including phenoxy) is 1. The maximum Gasteiger partial charge on any atom is 0.422 e. The summed E-state index contributed by atoms with van der Waals surface area (Å²) in [6.45, 7) is 2.71. The maximum absolute atomic E-state index is 11.8. The molecule has 4 nitrogen and oxygen atoms in total. The molecular formula is C17H18N2O2. The minimum atomic E-state index is -0.405. The molecule has 0 spiro atoms. The van der Waals surface area contributed by atoms with Crippen molar-refractivity contribution in [3.63, 3.8) is 0 Å². The maximum atomic E-state index is 11.8. The van der Waals surface area contributed by atoms with E-state index in [0.29, 0.717) is 6.54 Å². The van der Waals surface area contributed by atoms with E-state index in [2.05, 4.69) is 12.3 Å². The van der Waals surface area contributed by atoms with Crippen LogP contribution in [-0.2, 0) is 11.3 Å². The zero-order valence-corrected chi connectivity index (χ0v) is 11.9. The number of hydrogen-bond acceptors (Lipinski definition) is 3. The Morgan fingerprint density at radius 2 is 1.67 bits per heavy atom. The van der Waals surface area contributed by atoms with Crippen LogP contribution in [0.25, 0.3) is 0 Å². The molecule has 2 aromatic rings. The van der Waals surface area contributed by atoms with E-state index in [9.17, 15) is 4.79 Å². The van der Waals surface area contributed by atoms with Crippen molar-refractivity contribution < 1.29 is 9.53 Å². The van der Waals surface area contributed by atoms with Gasteiger partial charge in [0.05, 0.1) is 6.04 Å². The number of hydrogen-bond donors (Lipinski definition) is 1. The van der Waals surface area contributed by atoms with Crippen LogP contribution in [0.15, 0.2) is 60.7 Å². The van der Waals surface area contributed by atoms with Crippen LogP contribution in [0, 0.1) is 0 Å². The minimum Gasteiger partial charge on any atom is -0.439 e. The van der Waals surface area contributed by atoms with Gasteiger partial charge < -0.3 is 4.74 Å². The van der Waals surface area contributed by atoms with Crippen LogP contribution in [0.3, 0.4) is 0 Å². The molecule has 1 aliphatic heterocycles. The van der Waals surface area contributed by atoms with Crippen molar-refractivity contribution >= 4 is 6.09 Å². The predicted octanol–water partition coefficient (Wildman–Crippen LogP) is 3.27. The first-order chi connectivity index (χ1) is 10.2. The van der Waals surface area contributed by atoms with Crippen LogP contribution < -0.4 is 5.43 Å². The molecule has 1 N–H and O–H groups in total. The molecule has 3 rings (SSSR count). The lowest BCUT2D eigenvalue weighted by atomic mass is 10.0. The van der Waals surface area contributed by atoms with Gasteiger partial charge in [0.1, 0.15) is 6.10 Å². The number of nitrogens with zero attached hydrogens (tertiary/aromatic N) is 1. The zero-order valence-electron chi connectivity index (χ0n) is 11.9. The molecule has 1 saturated heterocycles. The van der Waals surface area contributed by atoms with Gasteiger partial charge in [0.2, 0.25) is 0 Å². The lowest BCUT2D eigenvalue weighted by Gasteiger charge is -2.39. The van der Waals surface area contributed by atoms with Crippen molar-refractivity contribution in [3.8, 4) is 0 Å². The molecule has 1 heterocycles. The summed E-state index contributed by atoms with van der Waals surface area (Å²) in [6, 6.07) is 20.0. The summed E-state index contributed by atoms with van der Waals surface area (Å²) in [7, 11) is 0. The average molecular weight is 282 g/mol. The van der Waals surface area contributed by atoms with E-state index in [1.54, 1.807) is 0 Å². The monoisotopic (exact) mass is 282 g/mol. The van der Waals surface area contributed by atoms with Crippen LogP contribution in [0.5, 0.6) is 0 Å². The summed E-state index contributed by atoms with van der Waals surface area (Å²) in [6.07, 6.45) is -0.665. The van der Waals surface area contributed by atoms with Crippen molar-refractivity contribution in [2.75, 3.05) is 0 Å². The van der Waals surface area contributed by atoms with Gasteiger partial charge in [0.15, 0.2) is 0 Å². The number of nitrogens with one attached hydrogen (secondary N) is 1. The van der Waals surface area contributed by atoms with Crippen LogP contribution in [0.1, 0.15) is 24.2 Å². The Morgan fingerprint density at radius 1 is 1.05 bits per heavy atom. The molecule has 0 radical (unpaired) electrons. The van der Waals surface area contributed by atoms with Gasteiger partial charge in [-0.25, -0.2) is 9.80 Å². The summed E-state index contributed by atoms with van der Waals surface area (Å²) in [5.41, 5.74) is 4.95. The summed E-state index contributed by atoms with van der Waals surface area (Å²) in [5.74, 6) is 0. The second kappa shape index (κ2) is 5.97. The van der Waals surface area contributed by atoms with Gasteiger partial charge >= 0.3 is 6.09 Å². The number of carbonyl (C=O) groups is 1. The van der Waals surface area contributed by atoms with E-state index in [4.69, 9.17) is 4.74 Å². The summed E-state index contributed by atoms with van der Waals surface area (Å²) in [5, 5.41) is 1.93. The second-order valence-electron chi connectivity index (χ2n) is 5.20. The Kier molecular flexibility index (Phi) is 3.88. The number of hydrazine groups is 1. The first-order valence-electron chi connectivity index (χ1n) is 7.07. The van der Waals surface area contributed by atoms with Crippen molar-refractivity contribution in [2.24, 2.45) is 0 Å². The van der Waals surface area contributed by atoms with E-state index in [1.807, 2.05) is 65.7 Å². The smallest absolute Gasteiger partial charge is 0.422 e. The molecule has 2 atom stereocenters. The van der Waals surface area contributed by atoms with Crippen LogP contribution in [0.4, 0.5) is 4.79 Å². The zero-order chi connectivity index (χ0) is 14.7. The first-order valence-corrected chi connectivity index (χ1v) is 7.07. The Hall–Kier alpha value is -2.33. The predicted molar refractivity (Wildman–Crippen MR) is 80.2 cm³/mol. The van der Waals surface area contributed by atoms with Gasteiger partial charge in [-0.3, -0.25) is 5.43 Å². The molecular weight excluding hydrogens is 264 g/mol. The normalized spacial score (nSPS) is 22.4. The molecule has 0 aromatic heterocycles. The lowest BCUT2D eigenvalue weighted by molar-refractivity contribution is -0.0420. The summed E-state index contributed by atoms with van der Waals surface area (Å²) >= 11 is 0. The van der Waals surface area contributed by atoms with Gasteiger partial charge in [0, 0.05) is 6.54 Å². The standard InChI is InChI=1S/C17H18N2O2/c1-13-16(15-10-6-3-7-11-15)21-17(20)18-19(13)12-14-8-4-2-5-9-14/h2-11,13,16H,12H2,1H3,(H,18,20)/t13-,16-/m0/s1. The van der Waals surface area contributed by atoms with Crippen molar-refractivity contribution in [3.05, 3.63) is 71.8 Å². The molecule has 0 saturated carbocycles. The number of cyclic esters (lactones) is 1. The van der Waals surface area contributed by atoms with Crippen LogP contribution in [0.2, 0.25) is 0 Å². The van der Waals surface area contributed by atoms with Gasteiger partial charge in [-0.15, -0.1) is 0 Å². The van der Waals surface area contributed by atoms with Gasteiger partial charge in [-0.2, -0.15) is 0 Å². The quantitative estimate of drug-likeness (QED) is 0.939. The fourth-order valence-corrected chi connectivity index (χ4v) is 2.58. The highest BCUT2D eigenvalue weighted by molar-refractivity contribution is 5.68. The summed E-state index contributed by atoms with van der Waals surface area (Å²) < 4.78 is 5.46. The molecule has 1 amide bonds. The lowest BCUT2D eigenvalue weighted by Crippen LogP contribution is -2.55. The molecule has 21 heavy (non-hydrogen) atoms. The molecule has 4 heteroatoms. The highest BCUT2D eigenvalue weighted by Crippen LogP contribution is 2.28. The summed E-state index contributed by atoms with van der Waals surface area (Å²) in [4.78, 5) is 11.8. The molecule has 1 fully saturated rings. The minimum absolute atomic E-state index is 0.0466. The Bertz CT molecular complexity index is 601. The van der Waals surface area contributed by atoms with Gasteiger partial charge in [0.25, 0.3) is 0 Å². The van der Waals surface area contributed by atoms with E-state index in [1.165, 1.54) is 0 Å². The number of rotatable bonds is 3. The molecule has 0 bridgehead atoms. The SMILES string of the molecule is C[C@H]1[C@@H](c2ccccc2)OC(=O)NN1Cc1ccccc1. The molecule has 108 valence electrons. The highest BCUT2D eigenvalue weighted by Gasteiger charge is 2.34. The van der Waals surface area contributed by atoms with Crippen LogP contribution >= 0.6 is 0 Å².